The molecule has 0 aromatic rings. The quantitative estimate of drug-likeness (QED) is 0.705. The fourth-order valence-corrected chi connectivity index (χ4v) is 3.54. The Labute approximate surface area is 82.3 Å². The Balaban J connectivity index is 2.03. The summed E-state index contributed by atoms with van der Waals surface area (Å²) < 4.78 is 0. The third-order valence-corrected chi connectivity index (χ3v) is 4.71. The molecule has 3 fully saturated rings. The molecule has 3 aliphatic carbocycles. The number of hydrogen-bond acceptors (Lipinski definition) is 1. The van der Waals surface area contributed by atoms with Crippen LogP contribution in [0.4, 0.5) is 0 Å². The Hall–Kier alpha value is -0.0400. The van der Waals surface area contributed by atoms with Gasteiger partial charge in [-0.3, -0.25) is 0 Å². The zero-order chi connectivity index (χ0) is 9.36. The number of fused-ring (bicyclic) bond motifs is 3. The van der Waals surface area contributed by atoms with Gasteiger partial charge in [-0.2, -0.15) is 0 Å². The topological polar surface area (TPSA) is 12.0 Å². The van der Waals surface area contributed by atoms with Gasteiger partial charge in [-0.1, -0.05) is 13.3 Å². The lowest BCUT2D eigenvalue weighted by molar-refractivity contribution is 0.0206. The molecule has 0 amide bonds. The highest BCUT2D eigenvalue weighted by Crippen LogP contribution is 2.54. The van der Waals surface area contributed by atoms with Crippen LogP contribution in [-0.4, -0.2) is 12.6 Å². The minimum absolute atomic E-state index is 0.551. The lowest BCUT2D eigenvalue weighted by atomic mass is 9.56. The standard InChI is InChI=1S/C12H23N/c1-3-4-11-5-8-12(13-2,9-6-11)10-7-11/h13H,3-10H2,1-2H3. The van der Waals surface area contributed by atoms with E-state index in [4.69, 9.17) is 0 Å². The van der Waals surface area contributed by atoms with Crippen molar-refractivity contribution in [3.63, 3.8) is 0 Å². The van der Waals surface area contributed by atoms with Gasteiger partial charge >= 0.3 is 0 Å². The second-order valence-electron chi connectivity index (χ2n) is 5.28. The highest BCUT2D eigenvalue weighted by molar-refractivity contribution is 5.03. The predicted molar refractivity (Wildman–Crippen MR) is 56.8 cm³/mol. The minimum Gasteiger partial charge on any atom is -0.314 e. The number of nitrogens with one attached hydrogen (secondary N) is 1. The molecule has 0 aromatic carbocycles. The molecule has 3 aliphatic rings. The van der Waals surface area contributed by atoms with Crippen LogP contribution in [0.3, 0.4) is 0 Å². The number of hydrogen-bond donors (Lipinski definition) is 1. The molecule has 13 heavy (non-hydrogen) atoms. The molecule has 1 heteroatoms. The second kappa shape index (κ2) is 3.27. The summed E-state index contributed by atoms with van der Waals surface area (Å²) >= 11 is 0. The van der Waals surface area contributed by atoms with Gasteiger partial charge in [0.2, 0.25) is 0 Å². The summed E-state index contributed by atoms with van der Waals surface area (Å²) in [5.74, 6) is 0. The summed E-state index contributed by atoms with van der Waals surface area (Å²) in [5, 5.41) is 3.56. The van der Waals surface area contributed by atoms with Crippen molar-refractivity contribution in [1.29, 1.82) is 0 Å². The Kier molecular flexibility index (Phi) is 2.39. The Bertz CT molecular complexity index is 161. The first-order chi connectivity index (χ1) is 6.24. The van der Waals surface area contributed by atoms with Gasteiger partial charge < -0.3 is 5.32 Å². The van der Waals surface area contributed by atoms with Crippen molar-refractivity contribution in [3.05, 3.63) is 0 Å². The van der Waals surface area contributed by atoms with E-state index in [2.05, 4.69) is 19.3 Å². The van der Waals surface area contributed by atoms with Crippen LogP contribution in [0.25, 0.3) is 0 Å². The van der Waals surface area contributed by atoms with Gasteiger partial charge in [-0.05, 0) is 57.4 Å². The normalized spacial score (nSPS) is 43.8. The fourth-order valence-electron chi connectivity index (χ4n) is 3.54. The van der Waals surface area contributed by atoms with E-state index in [-0.39, 0.29) is 0 Å². The summed E-state index contributed by atoms with van der Waals surface area (Å²) in [4.78, 5) is 0. The van der Waals surface area contributed by atoms with E-state index in [1.54, 1.807) is 0 Å². The van der Waals surface area contributed by atoms with E-state index >= 15 is 0 Å². The van der Waals surface area contributed by atoms with Crippen molar-refractivity contribution in [3.8, 4) is 0 Å². The highest BCUT2D eigenvalue weighted by atomic mass is 15.0. The molecule has 1 N–H and O–H groups in total. The van der Waals surface area contributed by atoms with Crippen molar-refractivity contribution in [2.75, 3.05) is 7.05 Å². The highest BCUT2D eigenvalue weighted by Gasteiger charge is 2.46. The van der Waals surface area contributed by atoms with Crippen molar-refractivity contribution in [1.82, 2.24) is 5.32 Å². The average molecular weight is 181 g/mol. The Morgan fingerprint density at radius 1 is 1.00 bits per heavy atom. The van der Waals surface area contributed by atoms with Crippen molar-refractivity contribution in [2.45, 2.75) is 63.8 Å². The van der Waals surface area contributed by atoms with Crippen molar-refractivity contribution in [2.24, 2.45) is 5.41 Å². The molecule has 0 aromatic heterocycles. The lowest BCUT2D eigenvalue weighted by Gasteiger charge is -2.53. The zero-order valence-electron chi connectivity index (χ0n) is 9.16. The van der Waals surface area contributed by atoms with E-state index in [1.807, 2.05) is 0 Å². The molecule has 3 rings (SSSR count). The number of rotatable bonds is 3. The van der Waals surface area contributed by atoms with Crippen LogP contribution in [0.5, 0.6) is 0 Å². The molecule has 1 nitrogen and oxygen atoms in total. The van der Waals surface area contributed by atoms with Gasteiger partial charge in [0, 0.05) is 5.54 Å². The second-order valence-corrected chi connectivity index (χ2v) is 5.28. The van der Waals surface area contributed by atoms with Crippen molar-refractivity contribution >= 4 is 0 Å². The van der Waals surface area contributed by atoms with Gasteiger partial charge in [-0.15, -0.1) is 0 Å². The maximum absolute atomic E-state index is 3.56. The predicted octanol–water partition coefficient (Wildman–Crippen LogP) is 3.10. The molecule has 0 saturated heterocycles. The van der Waals surface area contributed by atoms with Crippen LogP contribution in [0, 0.1) is 5.41 Å². The van der Waals surface area contributed by atoms with Crippen LogP contribution in [0.1, 0.15) is 58.3 Å². The maximum atomic E-state index is 3.56. The molecule has 0 aliphatic heterocycles. The van der Waals surface area contributed by atoms with E-state index in [1.165, 1.54) is 51.4 Å². The molecule has 0 radical (unpaired) electrons. The molecular weight excluding hydrogens is 158 g/mol. The molecule has 0 unspecified atom stereocenters. The van der Waals surface area contributed by atoms with E-state index in [0.717, 1.165) is 5.41 Å². The molecule has 3 saturated carbocycles. The summed E-state index contributed by atoms with van der Waals surface area (Å²) in [6, 6.07) is 0. The third-order valence-electron chi connectivity index (χ3n) is 4.71. The van der Waals surface area contributed by atoms with E-state index < -0.39 is 0 Å². The smallest absolute Gasteiger partial charge is 0.0179 e. The molecule has 0 atom stereocenters. The maximum Gasteiger partial charge on any atom is 0.0179 e. The Morgan fingerprint density at radius 3 is 1.92 bits per heavy atom. The summed E-state index contributed by atoms with van der Waals surface area (Å²) in [5.41, 5.74) is 1.32. The minimum atomic E-state index is 0.551. The average Bonchev–Trinajstić information content (AvgIpc) is 2.21. The molecule has 0 spiro atoms. The first-order valence-electron chi connectivity index (χ1n) is 5.93. The summed E-state index contributed by atoms with van der Waals surface area (Å²) in [6.07, 6.45) is 11.6. The lowest BCUT2D eigenvalue weighted by Crippen LogP contribution is -2.53. The molecule has 0 heterocycles. The van der Waals surface area contributed by atoms with Gasteiger partial charge in [0.25, 0.3) is 0 Å². The fraction of sp³-hybridized carbons (Fsp3) is 1.00. The SMILES string of the molecule is CCCC12CCC(NC)(CC1)CC2. The van der Waals surface area contributed by atoms with Gasteiger partial charge in [-0.25, -0.2) is 0 Å². The first kappa shape index (κ1) is 9.51. The van der Waals surface area contributed by atoms with Crippen LogP contribution >= 0.6 is 0 Å². The largest absolute Gasteiger partial charge is 0.314 e. The molecule has 76 valence electrons. The van der Waals surface area contributed by atoms with Crippen LogP contribution in [-0.2, 0) is 0 Å². The monoisotopic (exact) mass is 181 g/mol. The zero-order valence-corrected chi connectivity index (χ0v) is 9.16. The van der Waals surface area contributed by atoms with Gasteiger partial charge in [0.1, 0.15) is 0 Å². The van der Waals surface area contributed by atoms with Gasteiger partial charge in [0.05, 0.1) is 0 Å². The van der Waals surface area contributed by atoms with Crippen LogP contribution in [0.15, 0.2) is 0 Å². The molecule has 2 bridgehead atoms. The third kappa shape index (κ3) is 1.52. The van der Waals surface area contributed by atoms with E-state index in [0.29, 0.717) is 5.54 Å². The first-order valence-corrected chi connectivity index (χ1v) is 5.93. The van der Waals surface area contributed by atoms with Crippen LogP contribution in [0.2, 0.25) is 0 Å². The summed E-state index contributed by atoms with van der Waals surface area (Å²) in [7, 11) is 2.15. The van der Waals surface area contributed by atoms with E-state index in [9.17, 15) is 0 Å². The van der Waals surface area contributed by atoms with Crippen molar-refractivity contribution < 1.29 is 0 Å². The van der Waals surface area contributed by atoms with Crippen LogP contribution < -0.4 is 5.32 Å². The molecular formula is C12H23N. The Morgan fingerprint density at radius 2 is 1.54 bits per heavy atom. The van der Waals surface area contributed by atoms with Gasteiger partial charge in [0.15, 0.2) is 0 Å². The summed E-state index contributed by atoms with van der Waals surface area (Å²) in [6.45, 7) is 2.34.